The standard InChI is InChI=1S/C20H11N4O3S3/c21-10-13(18-22-15-3-1-2-4-16(15)29-18)11-23-19(25)17(30-20(23)28)9-12-5-7-14(8-6-12)24(26)27/h1-9,11H,(H-,25,26,27)/q-1/b13-11+. The fraction of sp³-hybridized carbons (Fsp3) is 0. The van der Waals surface area contributed by atoms with E-state index in [4.69, 9.17) is 12.2 Å². The molecule has 0 saturated heterocycles. The Hall–Kier alpha value is -3.52. The van der Waals surface area contributed by atoms with Gasteiger partial charge in [0.25, 0.3) is 0 Å². The lowest BCUT2D eigenvalue weighted by Gasteiger charge is -2.07. The molecule has 0 amide bonds. The summed E-state index contributed by atoms with van der Waals surface area (Å²) in [6.07, 6.45) is 9.09. The van der Waals surface area contributed by atoms with Crippen LogP contribution in [0, 0.1) is 25.7 Å². The van der Waals surface area contributed by atoms with Gasteiger partial charge < -0.3 is 15.5 Å². The summed E-state index contributed by atoms with van der Waals surface area (Å²) >= 11 is 7.90. The Bertz CT molecular complexity index is 1360. The van der Waals surface area contributed by atoms with Crippen molar-refractivity contribution in [2.45, 2.75) is 0 Å². The van der Waals surface area contributed by atoms with E-state index in [9.17, 15) is 20.8 Å². The summed E-state index contributed by atoms with van der Waals surface area (Å²) in [5.74, 6) is -0.114. The maximum absolute atomic E-state index is 10.8. The van der Waals surface area contributed by atoms with Crippen LogP contribution in [0.2, 0.25) is 0 Å². The summed E-state index contributed by atoms with van der Waals surface area (Å²) in [6.45, 7) is 0. The smallest absolute Gasteiger partial charge is 0.222 e. The monoisotopic (exact) mass is 451 g/mol. The topological polar surface area (TPSA) is 111 Å². The molecule has 30 heavy (non-hydrogen) atoms. The van der Waals surface area contributed by atoms with Crippen LogP contribution in [0.5, 0.6) is 5.88 Å². The van der Waals surface area contributed by atoms with Gasteiger partial charge in [-0.25, -0.2) is 4.98 Å². The fourth-order valence-corrected chi connectivity index (χ4v) is 4.84. The molecule has 1 aromatic carbocycles. The molecule has 148 valence electrons. The first-order valence-electron chi connectivity index (χ1n) is 8.47. The molecule has 2 aromatic heterocycles. The Morgan fingerprint density at radius 3 is 2.60 bits per heavy atom. The summed E-state index contributed by atoms with van der Waals surface area (Å²) in [7, 11) is 0. The molecular weight excluding hydrogens is 440 g/mol. The molecule has 0 radical (unpaired) electrons. The largest absolute Gasteiger partial charge is 0.612 e. The molecule has 2 heterocycles. The van der Waals surface area contributed by atoms with Gasteiger partial charge in [0.1, 0.15) is 16.6 Å². The number of rotatable bonds is 3. The van der Waals surface area contributed by atoms with Crippen molar-refractivity contribution in [3.8, 4) is 11.9 Å². The van der Waals surface area contributed by atoms with E-state index in [1.54, 1.807) is 18.2 Å². The van der Waals surface area contributed by atoms with Gasteiger partial charge >= 0.3 is 0 Å². The van der Waals surface area contributed by atoms with Crippen LogP contribution >= 0.6 is 34.9 Å². The molecule has 0 atom stereocenters. The van der Waals surface area contributed by atoms with E-state index in [0.29, 0.717) is 19.4 Å². The molecule has 0 fully saturated rings. The number of fused-ring (bicyclic) bond motifs is 1. The van der Waals surface area contributed by atoms with E-state index in [2.05, 4.69) is 11.1 Å². The van der Waals surface area contributed by atoms with Crippen LogP contribution in [-0.4, -0.2) is 25.3 Å². The van der Waals surface area contributed by atoms with Crippen molar-refractivity contribution in [2.24, 2.45) is 0 Å². The van der Waals surface area contributed by atoms with Gasteiger partial charge in [0, 0.05) is 18.4 Å². The lowest BCUT2D eigenvalue weighted by Crippen LogP contribution is -2.06. The van der Waals surface area contributed by atoms with Crippen LogP contribution in [0.1, 0.15) is 9.88 Å². The van der Waals surface area contributed by atoms with Crippen molar-refractivity contribution < 1.29 is 10.0 Å². The zero-order valence-corrected chi connectivity index (χ0v) is 17.5. The number of nitrogens with zero attached hydrogens (tertiary/aromatic N) is 4. The average Bonchev–Trinajstić information content (AvgIpc) is 3.28. The van der Waals surface area contributed by atoms with Crippen molar-refractivity contribution in [3.63, 3.8) is 0 Å². The van der Waals surface area contributed by atoms with E-state index >= 15 is 0 Å². The predicted molar refractivity (Wildman–Crippen MR) is 122 cm³/mol. The number of thiazole rings is 2. The van der Waals surface area contributed by atoms with Crippen LogP contribution in [0.4, 0.5) is 0 Å². The third kappa shape index (κ3) is 3.81. The van der Waals surface area contributed by atoms with Gasteiger partial charge in [-0.1, -0.05) is 12.1 Å². The Balaban J connectivity index is 1.72. The summed E-state index contributed by atoms with van der Waals surface area (Å²) in [4.78, 5) is 4.48. The number of hydrogen-bond donors (Lipinski definition) is 1. The highest BCUT2D eigenvalue weighted by Gasteiger charge is 2.14. The number of benzene rings is 1. The van der Waals surface area contributed by atoms with E-state index in [-0.39, 0.29) is 17.2 Å². The van der Waals surface area contributed by atoms with Crippen molar-refractivity contribution in [3.05, 3.63) is 78.4 Å². The lowest BCUT2D eigenvalue weighted by molar-refractivity contribution is -0.377. The first kappa shape index (κ1) is 19.8. The average molecular weight is 452 g/mol. The molecule has 3 aromatic rings. The zero-order valence-electron chi connectivity index (χ0n) is 15.1. The molecule has 1 N–H and O–H groups in total. The second-order valence-electron chi connectivity index (χ2n) is 6.06. The van der Waals surface area contributed by atoms with E-state index in [0.717, 1.165) is 10.2 Å². The Morgan fingerprint density at radius 1 is 1.20 bits per heavy atom. The highest BCUT2D eigenvalue weighted by Crippen LogP contribution is 2.32. The number of aromatic hydroxyl groups is 1. The van der Waals surface area contributed by atoms with Crippen molar-refractivity contribution in [1.29, 1.82) is 5.26 Å². The van der Waals surface area contributed by atoms with Gasteiger partial charge in [-0.3, -0.25) is 4.57 Å². The molecule has 1 aliphatic carbocycles. The third-order valence-corrected chi connectivity index (χ3v) is 6.56. The van der Waals surface area contributed by atoms with Crippen LogP contribution in [-0.2, 0) is 0 Å². The van der Waals surface area contributed by atoms with Gasteiger partial charge in [0.2, 0.25) is 11.6 Å². The highest BCUT2D eigenvalue weighted by atomic mass is 32.1. The van der Waals surface area contributed by atoms with Gasteiger partial charge in [0.15, 0.2) is 3.95 Å². The summed E-state index contributed by atoms with van der Waals surface area (Å²) in [6, 6.07) is 9.70. The van der Waals surface area contributed by atoms with Crippen LogP contribution in [0.3, 0.4) is 0 Å². The molecule has 4 rings (SSSR count). The second-order valence-corrected chi connectivity index (χ2v) is 8.77. The van der Waals surface area contributed by atoms with Gasteiger partial charge in [-0.2, -0.15) is 10.2 Å². The molecule has 1 aliphatic rings. The van der Waals surface area contributed by atoms with Crippen molar-refractivity contribution in [1.82, 2.24) is 9.55 Å². The van der Waals surface area contributed by atoms with Gasteiger partial charge in [-0.05, 0) is 48.2 Å². The number of hydrogen-bond acceptors (Lipinski definition) is 8. The van der Waals surface area contributed by atoms with E-state index < -0.39 is 4.90 Å². The van der Waals surface area contributed by atoms with E-state index in [1.165, 1.54) is 45.6 Å². The maximum atomic E-state index is 10.8. The molecule has 0 saturated carbocycles. The zero-order chi connectivity index (χ0) is 21.3. The fourth-order valence-electron chi connectivity index (χ4n) is 2.69. The molecule has 10 heteroatoms. The Kier molecular flexibility index (Phi) is 5.33. The number of nitriles is 1. The Morgan fingerprint density at radius 2 is 1.93 bits per heavy atom. The number of aromatic nitrogens is 2. The van der Waals surface area contributed by atoms with Crippen LogP contribution < -0.4 is 0 Å². The normalized spacial score (nSPS) is 13.6. The SMILES string of the molecule is N#C/C(=C\n1c(O)c(C=C2C=CC(=[N+]([O-])[O-])C=C2)sc1=S)c1nc2ccccc2s1. The van der Waals surface area contributed by atoms with E-state index in [1.807, 2.05) is 24.3 Å². The minimum atomic E-state index is -0.474. The summed E-state index contributed by atoms with van der Waals surface area (Å²) in [5, 5.41) is 42.4. The third-order valence-electron chi connectivity index (χ3n) is 4.15. The highest BCUT2D eigenvalue weighted by molar-refractivity contribution is 7.73. The molecular formula is C20H11N4O3S3-. The molecule has 0 aliphatic heterocycles. The number of allylic oxidation sites excluding steroid dienone is 6. The van der Waals surface area contributed by atoms with Crippen molar-refractivity contribution in [2.75, 3.05) is 0 Å². The summed E-state index contributed by atoms with van der Waals surface area (Å²) in [5.41, 5.74) is 1.74. The Labute approximate surface area is 183 Å². The van der Waals surface area contributed by atoms with Gasteiger partial charge in [0.05, 0.1) is 15.1 Å². The molecule has 0 unspecified atom stereocenters. The molecule has 0 spiro atoms. The van der Waals surface area contributed by atoms with Crippen LogP contribution in [0.25, 0.3) is 28.1 Å². The minimum Gasteiger partial charge on any atom is -0.612 e. The lowest BCUT2D eigenvalue weighted by atomic mass is 10.1. The van der Waals surface area contributed by atoms with Crippen molar-refractivity contribution >= 4 is 68.7 Å². The molecule has 0 bridgehead atoms. The quantitative estimate of drug-likeness (QED) is 0.257. The van der Waals surface area contributed by atoms with Crippen LogP contribution in [0.15, 0.2) is 54.1 Å². The summed E-state index contributed by atoms with van der Waals surface area (Å²) < 4.78 is 2.68. The first-order chi connectivity index (χ1) is 14.5. The number of para-hydroxylation sites is 1. The first-order valence-corrected chi connectivity index (χ1v) is 10.5. The molecule has 7 nitrogen and oxygen atoms in total. The second kappa shape index (κ2) is 8.08. The van der Waals surface area contributed by atoms with Gasteiger partial charge in [-0.15, -0.1) is 22.7 Å². The maximum Gasteiger partial charge on any atom is 0.222 e. The minimum absolute atomic E-state index is 0.0148. The predicted octanol–water partition coefficient (Wildman–Crippen LogP) is 5.07.